The molecule has 1 aromatic heterocycles. The lowest BCUT2D eigenvalue weighted by atomic mass is 10.1. The average molecular weight is 376 g/mol. The fourth-order valence-electron chi connectivity index (χ4n) is 2.95. The molecule has 2 aromatic carbocycles. The Labute approximate surface area is 150 Å². The standard InChI is InChI=1S/C18H17FN2O4S/c19-13-1-3-16-15(9-13)12(11-20-16)5-6-21-26(22,23)14-2-4-17-18(10-14)25-8-7-24-17/h1-4,9-11,20-21H,5-8H2. The Balaban J connectivity index is 1.47. The van der Waals surface area contributed by atoms with Crippen LogP contribution in [-0.4, -0.2) is 33.2 Å². The van der Waals surface area contributed by atoms with Gasteiger partial charge in [-0.1, -0.05) is 0 Å². The quantitative estimate of drug-likeness (QED) is 0.717. The van der Waals surface area contributed by atoms with Crippen LogP contribution in [0.4, 0.5) is 4.39 Å². The number of nitrogens with one attached hydrogen (secondary N) is 2. The fraction of sp³-hybridized carbons (Fsp3) is 0.222. The third-order valence-corrected chi connectivity index (χ3v) is 5.70. The highest BCUT2D eigenvalue weighted by Crippen LogP contribution is 2.32. The van der Waals surface area contributed by atoms with Crippen LogP contribution >= 0.6 is 0 Å². The van der Waals surface area contributed by atoms with Crippen LogP contribution < -0.4 is 14.2 Å². The van der Waals surface area contributed by atoms with Gasteiger partial charge >= 0.3 is 0 Å². The number of aromatic amines is 1. The normalized spacial score (nSPS) is 13.9. The smallest absolute Gasteiger partial charge is 0.240 e. The van der Waals surface area contributed by atoms with E-state index in [4.69, 9.17) is 9.47 Å². The summed E-state index contributed by atoms with van der Waals surface area (Å²) < 4.78 is 51.8. The molecule has 4 rings (SSSR count). The molecule has 0 aliphatic carbocycles. The van der Waals surface area contributed by atoms with Gasteiger partial charge in [0.05, 0.1) is 4.90 Å². The Bertz CT molecular complexity index is 1060. The van der Waals surface area contributed by atoms with Crippen molar-refractivity contribution in [2.75, 3.05) is 19.8 Å². The number of H-pyrrole nitrogens is 1. The Kier molecular flexibility index (Phi) is 4.29. The van der Waals surface area contributed by atoms with Gasteiger partial charge in [-0.3, -0.25) is 0 Å². The van der Waals surface area contributed by atoms with E-state index in [-0.39, 0.29) is 17.3 Å². The van der Waals surface area contributed by atoms with E-state index >= 15 is 0 Å². The van der Waals surface area contributed by atoms with Crippen molar-refractivity contribution in [3.05, 3.63) is 54.0 Å². The van der Waals surface area contributed by atoms with E-state index in [0.29, 0.717) is 31.1 Å². The van der Waals surface area contributed by atoms with Gasteiger partial charge in [-0.2, -0.15) is 0 Å². The molecule has 2 N–H and O–H groups in total. The summed E-state index contributed by atoms with van der Waals surface area (Å²) >= 11 is 0. The Hall–Kier alpha value is -2.58. The fourth-order valence-corrected chi connectivity index (χ4v) is 4.00. The van der Waals surface area contributed by atoms with Crippen molar-refractivity contribution in [1.82, 2.24) is 9.71 Å². The van der Waals surface area contributed by atoms with E-state index in [1.54, 1.807) is 18.3 Å². The first-order valence-corrected chi connectivity index (χ1v) is 9.66. The highest BCUT2D eigenvalue weighted by atomic mass is 32.2. The Morgan fingerprint density at radius 1 is 1.08 bits per heavy atom. The summed E-state index contributed by atoms with van der Waals surface area (Å²) in [4.78, 5) is 3.17. The highest BCUT2D eigenvalue weighted by Gasteiger charge is 2.19. The lowest BCUT2D eigenvalue weighted by Gasteiger charge is -2.18. The second kappa shape index (κ2) is 6.62. The minimum Gasteiger partial charge on any atom is -0.486 e. The molecule has 1 aliphatic rings. The molecule has 0 amide bonds. The van der Waals surface area contributed by atoms with Crippen molar-refractivity contribution in [3.63, 3.8) is 0 Å². The van der Waals surface area contributed by atoms with Gasteiger partial charge < -0.3 is 14.5 Å². The molecule has 0 radical (unpaired) electrons. The van der Waals surface area contributed by atoms with Crippen LogP contribution in [-0.2, 0) is 16.4 Å². The van der Waals surface area contributed by atoms with Gasteiger partial charge in [0.15, 0.2) is 11.5 Å². The summed E-state index contributed by atoms with van der Waals surface area (Å²) in [6.07, 6.45) is 2.20. The van der Waals surface area contributed by atoms with Crippen molar-refractivity contribution in [2.24, 2.45) is 0 Å². The van der Waals surface area contributed by atoms with Gasteiger partial charge in [0.25, 0.3) is 0 Å². The molecule has 3 aromatic rings. The number of ether oxygens (including phenoxy) is 2. The Morgan fingerprint density at radius 2 is 1.88 bits per heavy atom. The van der Waals surface area contributed by atoms with Gasteiger partial charge in [0, 0.05) is 29.7 Å². The van der Waals surface area contributed by atoms with Crippen LogP contribution in [0.5, 0.6) is 11.5 Å². The lowest BCUT2D eigenvalue weighted by molar-refractivity contribution is 0.171. The maximum atomic E-state index is 13.4. The molecule has 0 saturated carbocycles. The van der Waals surface area contributed by atoms with Crippen LogP contribution in [0.25, 0.3) is 10.9 Å². The first-order chi connectivity index (χ1) is 12.5. The first-order valence-electron chi connectivity index (χ1n) is 8.18. The van der Waals surface area contributed by atoms with Gasteiger partial charge in [0.1, 0.15) is 19.0 Å². The van der Waals surface area contributed by atoms with E-state index in [1.807, 2.05) is 0 Å². The SMILES string of the molecule is O=S(=O)(NCCc1c[nH]c2ccc(F)cc12)c1ccc2c(c1)OCCO2. The maximum Gasteiger partial charge on any atom is 0.240 e. The summed E-state index contributed by atoms with van der Waals surface area (Å²) in [5, 5.41) is 0.753. The van der Waals surface area contributed by atoms with Crippen LogP contribution in [0.3, 0.4) is 0 Å². The highest BCUT2D eigenvalue weighted by molar-refractivity contribution is 7.89. The first kappa shape index (κ1) is 16.9. The van der Waals surface area contributed by atoms with Crippen LogP contribution in [0.1, 0.15) is 5.56 Å². The summed E-state index contributed by atoms with van der Waals surface area (Å²) in [5.41, 5.74) is 1.67. The molecule has 8 heteroatoms. The zero-order valence-corrected chi connectivity index (χ0v) is 14.6. The number of hydrogen-bond acceptors (Lipinski definition) is 4. The molecule has 0 saturated heterocycles. The van der Waals surface area contributed by atoms with Crippen LogP contribution in [0, 0.1) is 5.82 Å². The third-order valence-electron chi connectivity index (χ3n) is 4.24. The minimum atomic E-state index is -3.68. The monoisotopic (exact) mass is 376 g/mol. The minimum absolute atomic E-state index is 0.117. The largest absolute Gasteiger partial charge is 0.486 e. The average Bonchev–Trinajstić information content (AvgIpc) is 3.03. The summed E-state index contributed by atoms with van der Waals surface area (Å²) in [5.74, 6) is 0.637. The molecule has 0 atom stereocenters. The van der Waals surface area contributed by atoms with E-state index in [0.717, 1.165) is 16.5 Å². The Morgan fingerprint density at radius 3 is 2.73 bits per heavy atom. The van der Waals surface area contributed by atoms with Gasteiger partial charge in [-0.05, 0) is 42.3 Å². The second-order valence-electron chi connectivity index (χ2n) is 5.96. The summed E-state index contributed by atoms with van der Waals surface area (Å²) in [7, 11) is -3.68. The number of fused-ring (bicyclic) bond motifs is 2. The van der Waals surface area contributed by atoms with Crippen molar-refractivity contribution >= 4 is 20.9 Å². The van der Waals surface area contributed by atoms with Crippen LogP contribution in [0.15, 0.2) is 47.5 Å². The molecule has 26 heavy (non-hydrogen) atoms. The number of benzene rings is 2. The zero-order valence-electron chi connectivity index (χ0n) is 13.8. The number of aromatic nitrogens is 1. The van der Waals surface area contributed by atoms with Crippen molar-refractivity contribution in [1.29, 1.82) is 0 Å². The molecule has 0 unspecified atom stereocenters. The molecule has 6 nitrogen and oxygen atoms in total. The molecular weight excluding hydrogens is 359 g/mol. The molecule has 0 fully saturated rings. The van der Waals surface area contributed by atoms with E-state index < -0.39 is 10.0 Å². The van der Waals surface area contributed by atoms with Crippen LogP contribution in [0.2, 0.25) is 0 Å². The topological polar surface area (TPSA) is 80.4 Å². The molecule has 0 spiro atoms. The van der Waals surface area contributed by atoms with Crippen molar-refractivity contribution in [2.45, 2.75) is 11.3 Å². The maximum absolute atomic E-state index is 13.4. The van der Waals surface area contributed by atoms with Crippen molar-refractivity contribution in [3.8, 4) is 11.5 Å². The lowest BCUT2D eigenvalue weighted by Crippen LogP contribution is -2.26. The number of rotatable bonds is 5. The number of sulfonamides is 1. The predicted molar refractivity (Wildman–Crippen MR) is 94.6 cm³/mol. The van der Waals surface area contributed by atoms with E-state index in [2.05, 4.69) is 9.71 Å². The molecule has 2 heterocycles. The van der Waals surface area contributed by atoms with Gasteiger partial charge in [-0.25, -0.2) is 17.5 Å². The predicted octanol–water partition coefficient (Wildman–Crippen LogP) is 2.60. The van der Waals surface area contributed by atoms with Crippen molar-refractivity contribution < 1.29 is 22.3 Å². The summed E-state index contributed by atoms with van der Waals surface area (Å²) in [6, 6.07) is 9.01. The zero-order chi connectivity index (χ0) is 18.1. The third kappa shape index (κ3) is 3.25. The molecule has 136 valence electrons. The molecular formula is C18H17FN2O4S. The number of hydrogen-bond donors (Lipinski definition) is 2. The molecule has 1 aliphatic heterocycles. The van der Waals surface area contributed by atoms with E-state index in [1.165, 1.54) is 24.3 Å². The van der Waals surface area contributed by atoms with E-state index in [9.17, 15) is 12.8 Å². The van der Waals surface area contributed by atoms with Gasteiger partial charge in [-0.15, -0.1) is 0 Å². The second-order valence-corrected chi connectivity index (χ2v) is 7.72. The summed E-state index contributed by atoms with van der Waals surface area (Å²) in [6.45, 7) is 1.03. The number of halogens is 1. The molecule has 0 bridgehead atoms. The van der Waals surface area contributed by atoms with Gasteiger partial charge in [0.2, 0.25) is 10.0 Å².